The Labute approximate surface area is 87.5 Å². The summed E-state index contributed by atoms with van der Waals surface area (Å²) in [5.41, 5.74) is 6.30. The molecule has 2 aromatic rings. The van der Waals surface area contributed by atoms with E-state index in [2.05, 4.69) is 4.98 Å². The first-order valence-corrected chi connectivity index (χ1v) is 4.03. The number of aromatic nitrogens is 2. The second-order valence-corrected chi connectivity index (χ2v) is 2.83. The van der Waals surface area contributed by atoms with Crippen molar-refractivity contribution >= 4 is 11.6 Å². The highest BCUT2D eigenvalue weighted by atomic mass is 16.5. The van der Waals surface area contributed by atoms with Gasteiger partial charge in [0.25, 0.3) is 0 Å². The van der Waals surface area contributed by atoms with Crippen LogP contribution in [0.2, 0.25) is 0 Å². The second kappa shape index (κ2) is 4.00. The fourth-order valence-corrected chi connectivity index (χ4v) is 1.21. The molecule has 2 aromatic heterocycles. The van der Waals surface area contributed by atoms with Crippen LogP contribution in [0.4, 0.5) is 0 Å². The van der Waals surface area contributed by atoms with E-state index in [1.807, 2.05) is 0 Å². The predicted octanol–water partition coefficient (Wildman–Crippen LogP) is 1.08. The zero-order valence-corrected chi connectivity index (χ0v) is 7.60. The van der Waals surface area contributed by atoms with Crippen LogP contribution in [0.25, 0.3) is 5.65 Å². The Balaban J connectivity index is 0.00000112. The number of fused-ring (bicyclic) bond motifs is 1. The van der Waals surface area contributed by atoms with E-state index >= 15 is 0 Å². The summed E-state index contributed by atoms with van der Waals surface area (Å²) >= 11 is 0. The number of hydrogen-bond acceptors (Lipinski definition) is 3. The van der Waals surface area contributed by atoms with Gasteiger partial charge in [-0.25, -0.2) is 0 Å². The molecule has 0 saturated heterocycles. The standard InChI is InChI=1S/C9H9N3O2.CH4/c1-14-8-5-12-4-6(9(10)13)2-3-7(12)11-8;/h2-5H,1H3,(H2,10,13);1H4. The molecule has 0 aromatic carbocycles. The van der Waals surface area contributed by atoms with Gasteiger partial charge in [-0.05, 0) is 12.1 Å². The monoisotopic (exact) mass is 207 g/mol. The van der Waals surface area contributed by atoms with E-state index in [0.717, 1.165) is 0 Å². The van der Waals surface area contributed by atoms with Gasteiger partial charge in [-0.15, -0.1) is 0 Å². The normalized spacial score (nSPS) is 9.67. The van der Waals surface area contributed by atoms with Gasteiger partial charge in [-0.2, -0.15) is 4.98 Å². The highest BCUT2D eigenvalue weighted by Gasteiger charge is 2.04. The number of ether oxygens (including phenoxy) is 1. The molecule has 15 heavy (non-hydrogen) atoms. The van der Waals surface area contributed by atoms with Gasteiger partial charge in [0.15, 0.2) is 0 Å². The minimum atomic E-state index is -0.459. The van der Waals surface area contributed by atoms with Crippen molar-refractivity contribution in [2.24, 2.45) is 5.73 Å². The summed E-state index contributed by atoms with van der Waals surface area (Å²) in [5.74, 6) is 0.0474. The van der Waals surface area contributed by atoms with Gasteiger partial charge in [-0.1, -0.05) is 7.43 Å². The second-order valence-electron chi connectivity index (χ2n) is 2.83. The summed E-state index contributed by atoms with van der Waals surface area (Å²) in [6, 6.07) is 3.34. The minimum Gasteiger partial charge on any atom is -0.480 e. The van der Waals surface area contributed by atoms with Gasteiger partial charge in [0, 0.05) is 6.20 Å². The summed E-state index contributed by atoms with van der Waals surface area (Å²) in [5, 5.41) is 0. The molecule has 0 spiro atoms. The number of rotatable bonds is 2. The third kappa shape index (κ3) is 1.90. The lowest BCUT2D eigenvalue weighted by molar-refractivity contribution is 0.1000. The maximum Gasteiger partial charge on any atom is 0.250 e. The molecule has 0 aliphatic carbocycles. The lowest BCUT2D eigenvalue weighted by Gasteiger charge is -1.95. The molecule has 0 aliphatic rings. The number of amides is 1. The zero-order valence-electron chi connectivity index (χ0n) is 7.60. The Morgan fingerprint density at radius 2 is 2.20 bits per heavy atom. The van der Waals surface area contributed by atoms with Crippen LogP contribution < -0.4 is 10.5 Å². The van der Waals surface area contributed by atoms with Gasteiger partial charge in [0.2, 0.25) is 11.8 Å². The van der Waals surface area contributed by atoms with E-state index in [1.54, 1.807) is 28.9 Å². The summed E-state index contributed by atoms with van der Waals surface area (Å²) in [6.07, 6.45) is 3.30. The van der Waals surface area contributed by atoms with E-state index in [-0.39, 0.29) is 7.43 Å². The molecule has 0 fully saturated rings. The molecule has 0 aliphatic heterocycles. The first-order valence-electron chi connectivity index (χ1n) is 4.03. The highest BCUT2D eigenvalue weighted by Crippen LogP contribution is 2.12. The van der Waals surface area contributed by atoms with Crippen molar-refractivity contribution in [1.82, 2.24) is 9.38 Å². The maximum absolute atomic E-state index is 10.9. The van der Waals surface area contributed by atoms with Crippen molar-refractivity contribution < 1.29 is 9.53 Å². The minimum absolute atomic E-state index is 0. The Morgan fingerprint density at radius 3 is 2.80 bits per heavy atom. The van der Waals surface area contributed by atoms with Crippen molar-refractivity contribution in [1.29, 1.82) is 0 Å². The molecule has 80 valence electrons. The molecule has 0 radical (unpaired) electrons. The number of nitrogens with two attached hydrogens (primary N) is 1. The molecule has 0 atom stereocenters. The molecular weight excluding hydrogens is 194 g/mol. The third-order valence-electron chi connectivity index (χ3n) is 1.92. The Kier molecular flexibility index (Phi) is 2.94. The first-order chi connectivity index (χ1) is 6.70. The largest absolute Gasteiger partial charge is 0.480 e. The predicted molar refractivity (Wildman–Crippen MR) is 57.0 cm³/mol. The van der Waals surface area contributed by atoms with Crippen molar-refractivity contribution in [3.8, 4) is 5.88 Å². The molecule has 5 nitrogen and oxygen atoms in total. The number of pyridine rings is 1. The molecular formula is C10H13N3O2. The summed E-state index contributed by atoms with van der Waals surface area (Å²) in [4.78, 5) is 15.0. The van der Waals surface area contributed by atoms with Crippen molar-refractivity contribution in [3.05, 3.63) is 30.1 Å². The van der Waals surface area contributed by atoms with Crippen LogP contribution in [0.3, 0.4) is 0 Å². The number of methoxy groups -OCH3 is 1. The van der Waals surface area contributed by atoms with E-state index in [0.29, 0.717) is 17.1 Å². The van der Waals surface area contributed by atoms with Crippen LogP contribution in [0.5, 0.6) is 5.88 Å². The quantitative estimate of drug-likeness (QED) is 0.801. The Bertz CT molecular complexity index is 490. The van der Waals surface area contributed by atoms with E-state index in [9.17, 15) is 4.79 Å². The topological polar surface area (TPSA) is 69.6 Å². The van der Waals surface area contributed by atoms with Gasteiger partial charge < -0.3 is 14.9 Å². The van der Waals surface area contributed by atoms with Gasteiger partial charge in [-0.3, -0.25) is 4.79 Å². The fraction of sp³-hybridized carbons (Fsp3) is 0.200. The molecule has 0 saturated carbocycles. The smallest absolute Gasteiger partial charge is 0.250 e. The number of carbonyl (C=O) groups is 1. The van der Waals surface area contributed by atoms with Crippen molar-refractivity contribution in [2.75, 3.05) is 7.11 Å². The van der Waals surface area contributed by atoms with Crippen LogP contribution >= 0.6 is 0 Å². The first kappa shape index (κ1) is 11.0. The van der Waals surface area contributed by atoms with E-state index in [1.165, 1.54) is 7.11 Å². The maximum atomic E-state index is 10.9. The van der Waals surface area contributed by atoms with E-state index < -0.39 is 5.91 Å². The molecule has 2 heterocycles. The van der Waals surface area contributed by atoms with Gasteiger partial charge in [0.1, 0.15) is 5.65 Å². The average Bonchev–Trinajstić information content (AvgIpc) is 2.58. The summed E-state index contributed by atoms with van der Waals surface area (Å²) in [7, 11) is 1.54. The number of imidazole rings is 1. The van der Waals surface area contributed by atoms with Crippen molar-refractivity contribution in [3.63, 3.8) is 0 Å². The molecule has 5 heteroatoms. The molecule has 1 amide bonds. The SMILES string of the molecule is C.COc1cn2cc(C(N)=O)ccc2n1. The molecule has 2 rings (SSSR count). The summed E-state index contributed by atoms with van der Waals surface area (Å²) < 4.78 is 6.64. The number of hydrogen-bond donors (Lipinski definition) is 1. The summed E-state index contributed by atoms with van der Waals surface area (Å²) in [6.45, 7) is 0. The van der Waals surface area contributed by atoms with E-state index in [4.69, 9.17) is 10.5 Å². The fourth-order valence-electron chi connectivity index (χ4n) is 1.21. The van der Waals surface area contributed by atoms with Crippen LogP contribution in [0.1, 0.15) is 17.8 Å². The van der Waals surface area contributed by atoms with Gasteiger partial charge in [0.05, 0.1) is 18.9 Å². The highest BCUT2D eigenvalue weighted by molar-refractivity contribution is 5.92. The molecule has 0 bridgehead atoms. The van der Waals surface area contributed by atoms with Crippen LogP contribution in [0, 0.1) is 0 Å². The lowest BCUT2D eigenvalue weighted by atomic mass is 10.3. The molecule has 0 unspecified atom stereocenters. The van der Waals surface area contributed by atoms with Crippen LogP contribution in [0.15, 0.2) is 24.5 Å². The van der Waals surface area contributed by atoms with Crippen LogP contribution in [-0.4, -0.2) is 22.4 Å². The van der Waals surface area contributed by atoms with Crippen LogP contribution in [-0.2, 0) is 0 Å². The Morgan fingerprint density at radius 1 is 1.47 bits per heavy atom. The Hall–Kier alpha value is -2.04. The number of carbonyl (C=O) groups excluding carboxylic acids is 1. The van der Waals surface area contributed by atoms with Crippen molar-refractivity contribution in [2.45, 2.75) is 7.43 Å². The third-order valence-corrected chi connectivity index (χ3v) is 1.92. The van der Waals surface area contributed by atoms with Gasteiger partial charge >= 0.3 is 0 Å². The number of nitrogens with zero attached hydrogens (tertiary/aromatic N) is 2. The molecule has 2 N–H and O–H groups in total. The number of primary amides is 1. The lowest BCUT2D eigenvalue weighted by Crippen LogP contribution is -2.11. The zero-order chi connectivity index (χ0) is 10.1. The average molecular weight is 207 g/mol.